The van der Waals surface area contributed by atoms with E-state index >= 15 is 0 Å². The van der Waals surface area contributed by atoms with Crippen molar-refractivity contribution in [2.24, 2.45) is 10.9 Å². The molecule has 0 spiro atoms. The molecule has 3 amide bonds. The summed E-state index contributed by atoms with van der Waals surface area (Å²) in [6, 6.07) is 5.46. The highest BCUT2D eigenvalue weighted by molar-refractivity contribution is 7.13. The van der Waals surface area contributed by atoms with Crippen molar-refractivity contribution in [2.45, 2.75) is 44.3 Å². The molecule has 4 N–H and O–H groups in total. The molecular weight excluding hydrogens is 530 g/mol. The normalized spacial score (nSPS) is 21.8. The van der Waals surface area contributed by atoms with Crippen LogP contribution >= 0.6 is 22.9 Å². The first-order chi connectivity index (χ1) is 18.1. The number of thiazole rings is 1. The second kappa shape index (κ2) is 12.2. The molecule has 0 radical (unpaired) electrons. The number of aromatic nitrogens is 1. The molecule has 2 aliphatic rings. The molecule has 38 heavy (non-hydrogen) atoms. The van der Waals surface area contributed by atoms with Crippen molar-refractivity contribution < 1.29 is 19.6 Å². The third-order valence-corrected chi connectivity index (χ3v) is 8.11. The van der Waals surface area contributed by atoms with E-state index in [0.717, 1.165) is 30.1 Å². The van der Waals surface area contributed by atoms with Gasteiger partial charge in [0.2, 0.25) is 11.7 Å². The summed E-state index contributed by atoms with van der Waals surface area (Å²) in [7, 11) is 5.44. The minimum Gasteiger partial charge on any atom is -0.349 e. The third kappa shape index (κ3) is 6.68. The summed E-state index contributed by atoms with van der Waals surface area (Å²) >= 11 is 7.28. The number of hydroxylamine groups is 1. The molecule has 1 fully saturated rings. The summed E-state index contributed by atoms with van der Waals surface area (Å²) in [5, 5.41) is 16.4. The third-order valence-electron chi connectivity index (χ3n) is 6.78. The number of hydrogen-bond acceptors (Lipinski definition) is 8. The van der Waals surface area contributed by atoms with E-state index in [4.69, 9.17) is 11.6 Å². The fourth-order valence-corrected chi connectivity index (χ4v) is 5.97. The minimum absolute atomic E-state index is 0.0243. The van der Waals surface area contributed by atoms with E-state index in [2.05, 4.69) is 25.5 Å². The molecule has 1 aromatic carbocycles. The van der Waals surface area contributed by atoms with Crippen molar-refractivity contribution in [1.82, 2.24) is 30.9 Å². The summed E-state index contributed by atoms with van der Waals surface area (Å²) in [5.74, 6) is -1.59. The van der Waals surface area contributed by atoms with Crippen LogP contribution < -0.4 is 16.1 Å². The molecule has 3 atom stereocenters. The number of fused-ring (bicyclic) bond motifs is 1. The van der Waals surface area contributed by atoms with Crippen LogP contribution in [0.4, 0.5) is 5.69 Å². The van der Waals surface area contributed by atoms with Gasteiger partial charge < -0.3 is 20.4 Å². The fraction of sp³-hybridized carbons (Fsp3) is 0.480. The molecule has 0 bridgehead atoms. The zero-order valence-corrected chi connectivity index (χ0v) is 23.1. The molecule has 11 nitrogen and oxygen atoms in total. The van der Waals surface area contributed by atoms with Gasteiger partial charge in [-0.15, -0.1) is 11.3 Å². The zero-order valence-electron chi connectivity index (χ0n) is 21.5. The molecule has 0 unspecified atom stereocenters. The van der Waals surface area contributed by atoms with Crippen LogP contribution in [0.5, 0.6) is 0 Å². The van der Waals surface area contributed by atoms with Crippen LogP contribution in [0.1, 0.15) is 39.6 Å². The molecule has 1 aliphatic carbocycles. The van der Waals surface area contributed by atoms with Gasteiger partial charge in [-0.3, -0.25) is 19.6 Å². The number of carbonyl (C=O) groups is 3. The molecule has 1 saturated carbocycles. The van der Waals surface area contributed by atoms with Crippen LogP contribution in [0.3, 0.4) is 0 Å². The van der Waals surface area contributed by atoms with Gasteiger partial charge in [0.1, 0.15) is 0 Å². The van der Waals surface area contributed by atoms with Crippen molar-refractivity contribution in [1.29, 1.82) is 0 Å². The van der Waals surface area contributed by atoms with Gasteiger partial charge in [-0.1, -0.05) is 11.6 Å². The van der Waals surface area contributed by atoms with Crippen LogP contribution in [0.25, 0.3) is 0 Å². The van der Waals surface area contributed by atoms with Crippen molar-refractivity contribution in [3.8, 4) is 0 Å². The largest absolute Gasteiger partial charge is 0.349 e. The number of nitrogens with zero attached hydrogens (tertiary/aromatic N) is 4. The Labute approximate surface area is 230 Å². The maximum absolute atomic E-state index is 13.2. The van der Waals surface area contributed by atoms with Crippen molar-refractivity contribution in [3.63, 3.8) is 0 Å². The molecule has 4 rings (SSSR count). The van der Waals surface area contributed by atoms with Gasteiger partial charge in [-0.2, -0.15) is 0 Å². The number of amidine groups is 1. The van der Waals surface area contributed by atoms with Gasteiger partial charge in [-0.25, -0.2) is 15.5 Å². The highest BCUT2D eigenvalue weighted by atomic mass is 35.5. The van der Waals surface area contributed by atoms with Gasteiger partial charge in [-0.05, 0) is 50.6 Å². The molecule has 2 aromatic rings. The van der Waals surface area contributed by atoms with E-state index in [1.165, 1.54) is 11.3 Å². The Bertz CT molecular complexity index is 1220. The predicted molar refractivity (Wildman–Crippen MR) is 145 cm³/mol. The number of rotatable bonds is 5. The summed E-state index contributed by atoms with van der Waals surface area (Å²) in [5.41, 5.74) is 3.22. The molecular formula is C25H32ClN7O4S. The van der Waals surface area contributed by atoms with Crippen molar-refractivity contribution >= 4 is 52.2 Å². The lowest BCUT2D eigenvalue weighted by atomic mass is 9.81. The maximum atomic E-state index is 13.2. The standard InChI is InChI=1S/C25H32ClN7O4S/c1-32(2)25(36)14-4-9-17(28-22(34)21(31-37)27-16-7-5-15(26)6-8-16)19(12-14)29-23(35)24-30-18-10-11-33(3)13-20(18)38-24/h5-8,14,17,19,37H,4,9-13H2,1-3H3,(H,27,31)(H,28,34)(H,29,35)/t14-,17+,19-/m0/s1. The Balaban J connectivity index is 1.51. The topological polar surface area (TPSA) is 139 Å². The number of carbonyl (C=O) groups excluding carboxylic acids is 3. The van der Waals surface area contributed by atoms with Crippen LogP contribution in [0.15, 0.2) is 29.3 Å². The number of nitrogens with one attached hydrogen (secondary N) is 3. The average molecular weight is 562 g/mol. The molecule has 1 aromatic heterocycles. The monoisotopic (exact) mass is 561 g/mol. The minimum atomic E-state index is -0.642. The average Bonchev–Trinajstić information content (AvgIpc) is 3.32. The van der Waals surface area contributed by atoms with Gasteiger partial charge in [0.25, 0.3) is 11.8 Å². The number of halogens is 1. The lowest BCUT2D eigenvalue weighted by Gasteiger charge is -2.37. The maximum Gasteiger partial charge on any atom is 0.289 e. The number of likely N-dealkylation sites (N-methyl/N-ethyl adjacent to an activating group) is 1. The first kappa shape index (κ1) is 28.0. The van der Waals surface area contributed by atoms with Gasteiger partial charge in [0.15, 0.2) is 5.01 Å². The van der Waals surface area contributed by atoms with Crippen LogP contribution in [-0.2, 0) is 22.6 Å². The molecule has 13 heteroatoms. The number of amides is 3. The van der Waals surface area contributed by atoms with Crippen LogP contribution in [-0.4, -0.2) is 83.3 Å². The second-order valence-electron chi connectivity index (χ2n) is 9.83. The molecule has 2 heterocycles. The number of hydrogen-bond donors (Lipinski definition) is 4. The zero-order chi connectivity index (χ0) is 27.4. The Kier molecular flexibility index (Phi) is 8.98. The van der Waals surface area contributed by atoms with Crippen LogP contribution in [0, 0.1) is 5.92 Å². The Morgan fingerprint density at radius 3 is 2.58 bits per heavy atom. The van der Waals surface area contributed by atoms with E-state index in [9.17, 15) is 19.6 Å². The van der Waals surface area contributed by atoms with E-state index in [1.807, 2.05) is 12.5 Å². The number of aliphatic imine (C=N–C) groups is 1. The summed E-state index contributed by atoms with van der Waals surface area (Å²) in [6.07, 6.45) is 2.15. The Morgan fingerprint density at radius 2 is 1.89 bits per heavy atom. The Morgan fingerprint density at radius 1 is 1.16 bits per heavy atom. The van der Waals surface area contributed by atoms with Crippen LogP contribution in [0.2, 0.25) is 5.02 Å². The van der Waals surface area contributed by atoms with E-state index in [1.54, 1.807) is 43.3 Å². The molecule has 0 saturated heterocycles. The molecule has 204 valence electrons. The smallest absolute Gasteiger partial charge is 0.289 e. The lowest BCUT2D eigenvalue weighted by molar-refractivity contribution is -0.134. The predicted octanol–water partition coefficient (Wildman–Crippen LogP) is 1.96. The summed E-state index contributed by atoms with van der Waals surface area (Å²) < 4.78 is 0. The molecule has 1 aliphatic heterocycles. The lowest BCUT2D eigenvalue weighted by Crippen LogP contribution is -2.57. The quantitative estimate of drug-likeness (QED) is 0.249. The SMILES string of the molecule is CN1CCc2nc(C(=O)N[C@H]3C[C@@H](C(=O)N(C)C)CC[C@H]3NC(=O)C(=Nc3ccc(Cl)cc3)NO)sc2C1. The fourth-order valence-electron chi connectivity index (χ4n) is 4.75. The Hall–Kier alpha value is -3.06. The summed E-state index contributed by atoms with van der Waals surface area (Å²) in [4.78, 5) is 52.5. The summed E-state index contributed by atoms with van der Waals surface area (Å²) in [6.45, 7) is 1.65. The second-order valence-corrected chi connectivity index (χ2v) is 11.3. The van der Waals surface area contributed by atoms with Gasteiger partial charge >= 0.3 is 0 Å². The van der Waals surface area contributed by atoms with E-state index < -0.39 is 18.0 Å². The van der Waals surface area contributed by atoms with Crippen molar-refractivity contribution in [2.75, 3.05) is 27.7 Å². The van der Waals surface area contributed by atoms with Crippen molar-refractivity contribution in [3.05, 3.63) is 44.9 Å². The van der Waals surface area contributed by atoms with E-state index in [-0.39, 0.29) is 23.6 Å². The first-order valence-electron chi connectivity index (χ1n) is 12.4. The van der Waals surface area contributed by atoms with Gasteiger partial charge in [0, 0.05) is 55.5 Å². The number of benzene rings is 1. The van der Waals surface area contributed by atoms with E-state index in [0.29, 0.717) is 35.0 Å². The first-order valence-corrected chi connectivity index (χ1v) is 13.6. The highest BCUT2D eigenvalue weighted by Gasteiger charge is 2.37. The van der Waals surface area contributed by atoms with Gasteiger partial charge in [0.05, 0.1) is 17.4 Å². The highest BCUT2D eigenvalue weighted by Crippen LogP contribution is 2.28.